The van der Waals surface area contributed by atoms with Crippen LogP contribution >= 0.6 is 0 Å². The van der Waals surface area contributed by atoms with E-state index in [1.807, 2.05) is 10.9 Å². The molecule has 0 saturated heterocycles. The molecule has 0 saturated carbocycles. The van der Waals surface area contributed by atoms with Crippen LogP contribution in [0.3, 0.4) is 0 Å². The smallest absolute Gasteiger partial charge is 0.282 e. The van der Waals surface area contributed by atoms with Crippen molar-refractivity contribution in [1.29, 1.82) is 0 Å². The zero-order valence-corrected chi connectivity index (χ0v) is 6.70. The Bertz CT molecular complexity index is 262. The minimum atomic E-state index is -0.687. The van der Waals surface area contributed by atoms with Crippen LogP contribution in [0.5, 0.6) is 0 Å². The average molecular weight is 186 g/mol. The maximum atomic E-state index is 11.1. The van der Waals surface area contributed by atoms with E-state index in [0.29, 0.717) is 0 Å². The SMILES string of the molecule is NNC(=O)C1=NNCC1C(=O)NN. The van der Waals surface area contributed by atoms with Crippen molar-refractivity contribution >= 4 is 17.5 Å². The molecule has 0 aliphatic carbocycles. The molecule has 0 fully saturated rings. The van der Waals surface area contributed by atoms with Crippen molar-refractivity contribution in [1.82, 2.24) is 16.3 Å². The van der Waals surface area contributed by atoms with Crippen LogP contribution < -0.4 is 28.0 Å². The second-order valence-corrected chi connectivity index (χ2v) is 2.39. The molecule has 0 aromatic rings. The molecule has 0 radical (unpaired) electrons. The topological polar surface area (TPSA) is 135 Å². The molecule has 0 spiro atoms. The van der Waals surface area contributed by atoms with Gasteiger partial charge in [-0.1, -0.05) is 0 Å². The summed E-state index contributed by atoms with van der Waals surface area (Å²) in [5, 5.41) is 3.62. The molecule has 1 aliphatic heterocycles. The lowest BCUT2D eigenvalue weighted by Gasteiger charge is -2.07. The molecular weight excluding hydrogens is 176 g/mol. The molecule has 0 bridgehead atoms. The first-order valence-electron chi connectivity index (χ1n) is 3.52. The molecule has 7 N–H and O–H groups in total. The van der Waals surface area contributed by atoms with E-state index in [2.05, 4.69) is 10.5 Å². The lowest BCUT2D eigenvalue weighted by atomic mass is 10.0. The second kappa shape index (κ2) is 3.83. The summed E-state index contributed by atoms with van der Waals surface area (Å²) in [5.74, 6) is 8.03. The van der Waals surface area contributed by atoms with Crippen LogP contribution in [-0.4, -0.2) is 24.1 Å². The van der Waals surface area contributed by atoms with Crippen LogP contribution in [0.1, 0.15) is 0 Å². The summed E-state index contributed by atoms with van der Waals surface area (Å²) in [7, 11) is 0. The second-order valence-electron chi connectivity index (χ2n) is 2.39. The van der Waals surface area contributed by atoms with Gasteiger partial charge in [-0.2, -0.15) is 5.10 Å². The maximum Gasteiger partial charge on any atom is 0.282 e. The van der Waals surface area contributed by atoms with Gasteiger partial charge in [-0.25, -0.2) is 11.7 Å². The van der Waals surface area contributed by atoms with Crippen LogP contribution in [0.2, 0.25) is 0 Å². The van der Waals surface area contributed by atoms with Crippen LogP contribution in [0.4, 0.5) is 0 Å². The quantitative estimate of drug-likeness (QED) is 0.173. The highest BCUT2D eigenvalue weighted by molar-refractivity contribution is 6.43. The van der Waals surface area contributed by atoms with Gasteiger partial charge in [0.25, 0.3) is 5.91 Å². The summed E-state index contributed by atoms with van der Waals surface area (Å²) >= 11 is 0. The third-order valence-corrected chi connectivity index (χ3v) is 1.65. The van der Waals surface area contributed by atoms with E-state index in [4.69, 9.17) is 11.7 Å². The summed E-state index contributed by atoms with van der Waals surface area (Å²) in [4.78, 5) is 22.1. The average Bonchev–Trinajstić information content (AvgIpc) is 2.63. The van der Waals surface area contributed by atoms with Crippen molar-refractivity contribution in [2.75, 3.05) is 6.54 Å². The lowest BCUT2D eigenvalue weighted by molar-refractivity contribution is -0.124. The van der Waals surface area contributed by atoms with Crippen LogP contribution in [-0.2, 0) is 9.59 Å². The van der Waals surface area contributed by atoms with Crippen molar-refractivity contribution in [2.24, 2.45) is 22.7 Å². The van der Waals surface area contributed by atoms with Crippen molar-refractivity contribution in [3.05, 3.63) is 0 Å². The van der Waals surface area contributed by atoms with Crippen molar-refractivity contribution < 1.29 is 9.59 Å². The Kier molecular flexibility index (Phi) is 2.77. The van der Waals surface area contributed by atoms with Gasteiger partial charge in [-0.3, -0.25) is 20.4 Å². The molecule has 0 aromatic heterocycles. The number of rotatable bonds is 2. The third kappa shape index (κ3) is 1.73. The molecule has 8 nitrogen and oxygen atoms in total. The van der Waals surface area contributed by atoms with Gasteiger partial charge in [0.15, 0.2) is 0 Å². The first kappa shape index (κ1) is 9.42. The van der Waals surface area contributed by atoms with Crippen LogP contribution in [0, 0.1) is 5.92 Å². The Hall–Kier alpha value is -1.67. The Morgan fingerprint density at radius 3 is 2.69 bits per heavy atom. The largest absolute Gasteiger partial charge is 0.308 e. The molecule has 1 aliphatic rings. The molecule has 13 heavy (non-hydrogen) atoms. The highest BCUT2D eigenvalue weighted by Gasteiger charge is 2.32. The Balaban J connectivity index is 2.73. The fourth-order valence-electron chi connectivity index (χ4n) is 0.997. The number of nitrogens with two attached hydrogens (primary N) is 2. The molecule has 1 rings (SSSR count). The van der Waals surface area contributed by atoms with E-state index in [9.17, 15) is 9.59 Å². The number of amides is 2. The minimum absolute atomic E-state index is 0.0328. The maximum absolute atomic E-state index is 11.1. The fourth-order valence-corrected chi connectivity index (χ4v) is 0.997. The van der Waals surface area contributed by atoms with E-state index in [-0.39, 0.29) is 12.3 Å². The predicted molar refractivity (Wildman–Crippen MR) is 43.6 cm³/mol. The van der Waals surface area contributed by atoms with Gasteiger partial charge in [0.2, 0.25) is 5.91 Å². The number of hydrogen-bond donors (Lipinski definition) is 5. The number of nitrogens with zero attached hydrogens (tertiary/aromatic N) is 1. The highest BCUT2D eigenvalue weighted by atomic mass is 16.2. The van der Waals surface area contributed by atoms with Gasteiger partial charge < -0.3 is 5.43 Å². The first-order valence-corrected chi connectivity index (χ1v) is 3.52. The van der Waals surface area contributed by atoms with Gasteiger partial charge in [0.1, 0.15) is 11.6 Å². The highest BCUT2D eigenvalue weighted by Crippen LogP contribution is 2.04. The van der Waals surface area contributed by atoms with E-state index in [1.165, 1.54) is 0 Å². The standard InChI is InChI=1S/C5H10N6O2/c6-9-4(12)2-1-8-11-3(2)5(13)10-7/h2,8H,1,6-7H2,(H,9,12)(H,10,13). The fraction of sp³-hybridized carbons (Fsp3) is 0.400. The molecule has 72 valence electrons. The number of carbonyl (C=O) groups is 2. The summed E-state index contributed by atoms with van der Waals surface area (Å²) in [6.45, 7) is 0.242. The Morgan fingerprint density at radius 1 is 1.46 bits per heavy atom. The minimum Gasteiger partial charge on any atom is -0.308 e. The van der Waals surface area contributed by atoms with E-state index in [0.717, 1.165) is 0 Å². The van der Waals surface area contributed by atoms with Crippen molar-refractivity contribution in [3.8, 4) is 0 Å². The van der Waals surface area contributed by atoms with Gasteiger partial charge in [-0.05, 0) is 0 Å². The number of hydrazone groups is 1. The van der Waals surface area contributed by atoms with Gasteiger partial charge in [0.05, 0.1) is 6.54 Å². The van der Waals surface area contributed by atoms with E-state index in [1.54, 1.807) is 0 Å². The summed E-state index contributed by atoms with van der Waals surface area (Å²) in [6.07, 6.45) is 0. The molecule has 2 amide bonds. The zero-order valence-electron chi connectivity index (χ0n) is 6.70. The number of nitrogens with one attached hydrogen (secondary N) is 3. The third-order valence-electron chi connectivity index (χ3n) is 1.65. The van der Waals surface area contributed by atoms with Crippen LogP contribution in [0.15, 0.2) is 5.10 Å². The van der Waals surface area contributed by atoms with Gasteiger partial charge in [-0.15, -0.1) is 0 Å². The zero-order chi connectivity index (χ0) is 9.84. The molecule has 8 heteroatoms. The molecule has 1 atom stereocenters. The van der Waals surface area contributed by atoms with Crippen molar-refractivity contribution in [2.45, 2.75) is 0 Å². The lowest BCUT2D eigenvalue weighted by Crippen LogP contribution is -2.46. The monoisotopic (exact) mass is 186 g/mol. The molecule has 1 heterocycles. The van der Waals surface area contributed by atoms with Crippen LogP contribution in [0.25, 0.3) is 0 Å². The van der Waals surface area contributed by atoms with E-state index >= 15 is 0 Å². The Labute approximate surface area is 73.7 Å². The number of hydrazine groups is 2. The normalized spacial score (nSPS) is 20.2. The van der Waals surface area contributed by atoms with E-state index < -0.39 is 17.7 Å². The molecule has 1 unspecified atom stereocenters. The first-order chi connectivity index (χ1) is 6.20. The molecule has 0 aromatic carbocycles. The number of hydrogen-bond acceptors (Lipinski definition) is 6. The summed E-state index contributed by atoms with van der Waals surface area (Å²) in [6, 6.07) is 0. The summed E-state index contributed by atoms with van der Waals surface area (Å²) < 4.78 is 0. The number of carbonyl (C=O) groups excluding carboxylic acids is 2. The van der Waals surface area contributed by atoms with Crippen molar-refractivity contribution in [3.63, 3.8) is 0 Å². The van der Waals surface area contributed by atoms with Gasteiger partial charge >= 0.3 is 0 Å². The molecular formula is C5H10N6O2. The van der Waals surface area contributed by atoms with Gasteiger partial charge in [0, 0.05) is 0 Å². The predicted octanol–water partition coefficient (Wildman–Crippen LogP) is -3.46. The summed E-state index contributed by atoms with van der Waals surface area (Å²) in [5.41, 5.74) is 6.36. The Morgan fingerprint density at radius 2 is 2.15 bits per heavy atom.